The molecule has 0 rings (SSSR count). The number of terminal acetylenes is 1. The van der Waals surface area contributed by atoms with Gasteiger partial charge in [-0.05, 0) is 6.42 Å². The van der Waals surface area contributed by atoms with Crippen LogP contribution in [0.5, 0.6) is 0 Å². The highest BCUT2D eigenvalue weighted by Crippen LogP contribution is 1.78. The van der Waals surface area contributed by atoms with Crippen molar-refractivity contribution in [3.05, 3.63) is 0 Å². The van der Waals surface area contributed by atoms with Gasteiger partial charge in [0.15, 0.2) is 0 Å². The third-order valence-corrected chi connectivity index (χ3v) is 1.33. The monoisotopic (exact) mass is 168 g/mol. The van der Waals surface area contributed by atoms with Gasteiger partial charge in [0, 0.05) is 19.5 Å². The molecule has 12 heavy (non-hydrogen) atoms. The smallest absolute Gasteiger partial charge is 0.221 e. The SMILES string of the molecule is C#CCNCCC(=O)NCCC. The minimum Gasteiger partial charge on any atom is -0.356 e. The Morgan fingerprint density at radius 1 is 1.50 bits per heavy atom. The van der Waals surface area contributed by atoms with Gasteiger partial charge in [0.1, 0.15) is 0 Å². The fourth-order valence-corrected chi connectivity index (χ4v) is 0.715. The number of hydrogen-bond donors (Lipinski definition) is 2. The Morgan fingerprint density at radius 3 is 2.83 bits per heavy atom. The molecule has 0 heterocycles. The molecule has 0 aromatic rings. The maximum atomic E-state index is 11.0. The first-order chi connectivity index (χ1) is 5.81. The molecular formula is C9H16N2O. The number of amides is 1. The van der Waals surface area contributed by atoms with E-state index in [-0.39, 0.29) is 5.91 Å². The molecule has 3 nitrogen and oxygen atoms in total. The molecule has 1 amide bonds. The van der Waals surface area contributed by atoms with Gasteiger partial charge in [0.05, 0.1) is 6.54 Å². The van der Waals surface area contributed by atoms with Crippen molar-refractivity contribution in [1.29, 1.82) is 0 Å². The van der Waals surface area contributed by atoms with Gasteiger partial charge in [0.25, 0.3) is 0 Å². The molecule has 0 atom stereocenters. The molecule has 0 radical (unpaired) electrons. The topological polar surface area (TPSA) is 41.1 Å². The lowest BCUT2D eigenvalue weighted by molar-refractivity contribution is -0.120. The lowest BCUT2D eigenvalue weighted by atomic mass is 10.3. The predicted molar refractivity (Wildman–Crippen MR) is 49.6 cm³/mol. The average molecular weight is 168 g/mol. The third kappa shape index (κ3) is 7.10. The standard InChI is InChI=1S/C9H16N2O/c1-3-6-10-8-5-9(12)11-7-4-2/h1,10H,4-8H2,2H3,(H,11,12). The fourth-order valence-electron chi connectivity index (χ4n) is 0.715. The van der Waals surface area contributed by atoms with Crippen LogP contribution in [-0.4, -0.2) is 25.5 Å². The number of hydrogen-bond acceptors (Lipinski definition) is 2. The molecule has 0 saturated carbocycles. The zero-order valence-electron chi connectivity index (χ0n) is 7.52. The normalized spacial score (nSPS) is 9.00. The Labute approximate surface area is 73.9 Å². The average Bonchev–Trinajstić information content (AvgIpc) is 2.09. The largest absolute Gasteiger partial charge is 0.356 e. The molecule has 0 aliphatic carbocycles. The van der Waals surface area contributed by atoms with Gasteiger partial charge < -0.3 is 10.6 Å². The highest BCUT2D eigenvalue weighted by molar-refractivity contribution is 5.75. The highest BCUT2D eigenvalue weighted by atomic mass is 16.1. The van der Waals surface area contributed by atoms with Gasteiger partial charge in [-0.25, -0.2) is 0 Å². The van der Waals surface area contributed by atoms with E-state index in [0.29, 0.717) is 19.5 Å². The second kappa shape index (κ2) is 8.09. The molecule has 0 bridgehead atoms. The summed E-state index contributed by atoms with van der Waals surface area (Å²) in [6.45, 7) is 3.96. The highest BCUT2D eigenvalue weighted by Gasteiger charge is 1.97. The third-order valence-electron chi connectivity index (χ3n) is 1.33. The number of nitrogens with one attached hydrogen (secondary N) is 2. The lowest BCUT2D eigenvalue weighted by Crippen LogP contribution is -2.28. The molecule has 0 aliphatic heterocycles. The van der Waals surface area contributed by atoms with Crippen LogP contribution in [0.25, 0.3) is 0 Å². The predicted octanol–water partition coefficient (Wildman–Crippen LogP) is 0.125. The van der Waals surface area contributed by atoms with E-state index in [4.69, 9.17) is 6.42 Å². The van der Waals surface area contributed by atoms with Crippen LogP contribution in [0, 0.1) is 12.3 Å². The summed E-state index contributed by atoms with van der Waals surface area (Å²) in [5.41, 5.74) is 0. The van der Waals surface area contributed by atoms with Gasteiger partial charge in [-0.2, -0.15) is 0 Å². The first kappa shape index (κ1) is 11.0. The summed E-state index contributed by atoms with van der Waals surface area (Å²) in [5, 5.41) is 5.72. The van der Waals surface area contributed by atoms with Crippen LogP contribution in [0.15, 0.2) is 0 Å². The Balaban J connectivity index is 3.15. The molecule has 0 unspecified atom stereocenters. The van der Waals surface area contributed by atoms with E-state index in [1.807, 2.05) is 6.92 Å². The number of carbonyl (C=O) groups is 1. The second-order valence-corrected chi connectivity index (χ2v) is 2.48. The minimum absolute atomic E-state index is 0.0846. The van der Waals surface area contributed by atoms with Crippen LogP contribution in [0.2, 0.25) is 0 Å². The van der Waals surface area contributed by atoms with Gasteiger partial charge >= 0.3 is 0 Å². The van der Waals surface area contributed by atoms with Crippen molar-refractivity contribution in [3.8, 4) is 12.3 Å². The molecule has 2 N–H and O–H groups in total. The first-order valence-corrected chi connectivity index (χ1v) is 4.22. The number of rotatable bonds is 6. The van der Waals surface area contributed by atoms with E-state index in [1.54, 1.807) is 0 Å². The van der Waals surface area contributed by atoms with E-state index >= 15 is 0 Å². The van der Waals surface area contributed by atoms with E-state index in [1.165, 1.54) is 0 Å². The van der Waals surface area contributed by atoms with E-state index in [9.17, 15) is 4.79 Å². The van der Waals surface area contributed by atoms with E-state index in [2.05, 4.69) is 16.6 Å². The van der Waals surface area contributed by atoms with Crippen molar-refractivity contribution in [2.75, 3.05) is 19.6 Å². The summed E-state index contributed by atoms with van der Waals surface area (Å²) in [7, 11) is 0. The van der Waals surface area contributed by atoms with Crippen molar-refractivity contribution in [3.63, 3.8) is 0 Å². The Bertz CT molecular complexity index is 160. The Kier molecular flexibility index (Phi) is 7.41. The van der Waals surface area contributed by atoms with Crippen LogP contribution in [0.1, 0.15) is 19.8 Å². The summed E-state index contributed by atoms with van der Waals surface area (Å²) < 4.78 is 0. The lowest BCUT2D eigenvalue weighted by Gasteiger charge is -2.02. The van der Waals surface area contributed by atoms with Gasteiger partial charge in [0.2, 0.25) is 5.91 Å². The molecule has 68 valence electrons. The van der Waals surface area contributed by atoms with Gasteiger partial charge in [-0.15, -0.1) is 6.42 Å². The summed E-state index contributed by atoms with van der Waals surface area (Å²) in [5.74, 6) is 2.53. The maximum Gasteiger partial charge on any atom is 0.221 e. The van der Waals surface area contributed by atoms with Gasteiger partial charge in [-0.1, -0.05) is 12.8 Å². The van der Waals surface area contributed by atoms with Crippen molar-refractivity contribution in [1.82, 2.24) is 10.6 Å². The molecule has 0 aromatic carbocycles. The molecule has 0 fully saturated rings. The summed E-state index contributed by atoms with van der Waals surface area (Å²) in [6.07, 6.45) is 6.49. The molecule has 0 saturated heterocycles. The first-order valence-electron chi connectivity index (χ1n) is 4.22. The fraction of sp³-hybridized carbons (Fsp3) is 0.667. The van der Waals surface area contributed by atoms with Crippen LogP contribution < -0.4 is 10.6 Å². The second-order valence-electron chi connectivity index (χ2n) is 2.48. The van der Waals surface area contributed by atoms with Crippen molar-refractivity contribution in [2.24, 2.45) is 0 Å². The van der Waals surface area contributed by atoms with E-state index in [0.717, 1.165) is 13.0 Å². The van der Waals surface area contributed by atoms with E-state index < -0.39 is 0 Å². The summed E-state index contributed by atoms with van der Waals surface area (Å²) in [6, 6.07) is 0. The molecular weight excluding hydrogens is 152 g/mol. The zero-order chi connectivity index (χ0) is 9.23. The summed E-state index contributed by atoms with van der Waals surface area (Å²) in [4.78, 5) is 11.0. The summed E-state index contributed by atoms with van der Waals surface area (Å²) >= 11 is 0. The molecule has 0 aliphatic rings. The maximum absolute atomic E-state index is 11.0. The zero-order valence-corrected chi connectivity index (χ0v) is 7.52. The number of carbonyl (C=O) groups excluding carboxylic acids is 1. The minimum atomic E-state index is 0.0846. The van der Waals surface area contributed by atoms with Gasteiger partial charge in [-0.3, -0.25) is 4.79 Å². The van der Waals surface area contributed by atoms with Crippen LogP contribution in [0.4, 0.5) is 0 Å². The van der Waals surface area contributed by atoms with Crippen molar-refractivity contribution < 1.29 is 4.79 Å². The van der Waals surface area contributed by atoms with Crippen LogP contribution >= 0.6 is 0 Å². The van der Waals surface area contributed by atoms with Crippen molar-refractivity contribution in [2.45, 2.75) is 19.8 Å². The van der Waals surface area contributed by atoms with Crippen molar-refractivity contribution >= 4 is 5.91 Å². The van der Waals surface area contributed by atoms with Crippen LogP contribution in [-0.2, 0) is 4.79 Å². The Morgan fingerprint density at radius 2 is 2.25 bits per heavy atom. The van der Waals surface area contributed by atoms with Crippen LogP contribution in [0.3, 0.4) is 0 Å². The molecule has 0 spiro atoms. The molecule has 3 heteroatoms. The molecule has 0 aromatic heterocycles. The quantitative estimate of drug-likeness (QED) is 0.437. The Hall–Kier alpha value is -1.01.